The molecule has 0 aromatic rings. The second-order valence-electron chi connectivity index (χ2n) is 3.77. The van der Waals surface area contributed by atoms with Crippen molar-refractivity contribution in [1.29, 1.82) is 0 Å². The summed E-state index contributed by atoms with van der Waals surface area (Å²) in [6.45, 7) is 7.03. The number of nitrogens with two attached hydrogens (primary N) is 1. The van der Waals surface area contributed by atoms with Crippen LogP contribution in [0.4, 0.5) is 4.39 Å². The molecule has 0 radical (unpaired) electrons. The van der Waals surface area contributed by atoms with Gasteiger partial charge in [0.2, 0.25) is 0 Å². The van der Waals surface area contributed by atoms with Crippen LogP contribution in [0.3, 0.4) is 0 Å². The topological polar surface area (TPSA) is 52.3 Å². The molecule has 4 heteroatoms. The fourth-order valence-electron chi connectivity index (χ4n) is 0.816. The normalized spacial score (nSPS) is 17.2. The number of rotatable bonds is 3. The average molecular weight is 177 g/mol. The largest absolute Gasteiger partial charge is 0.371 e. The maximum absolute atomic E-state index is 12.1. The first-order valence-corrected chi connectivity index (χ1v) is 3.87. The minimum absolute atomic E-state index is 0.410. The van der Waals surface area contributed by atoms with Crippen molar-refractivity contribution in [2.75, 3.05) is 0 Å². The molecule has 0 aliphatic heterocycles. The Morgan fingerprint density at radius 2 is 1.92 bits per heavy atom. The molecule has 2 N–H and O–H groups in total. The maximum atomic E-state index is 12.1. The number of halogens is 1. The molecule has 0 fully saturated rings. The highest BCUT2D eigenvalue weighted by Gasteiger charge is 2.25. The van der Waals surface area contributed by atoms with E-state index in [1.807, 2.05) is 20.8 Å². The summed E-state index contributed by atoms with van der Waals surface area (Å²) in [5.41, 5.74) is 4.81. The molecular weight excluding hydrogens is 161 g/mol. The Balaban J connectivity index is 4.04. The Hall–Kier alpha value is -0.480. The summed E-state index contributed by atoms with van der Waals surface area (Å²) in [6.07, 6.45) is -0.595. The van der Waals surface area contributed by atoms with E-state index in [4.69, 9.17) is 10.5 Å². The smallest absolute Gasteiger partial charge is 0.320 e. The number of ether oxygens (including phenoxy) is 1. The first kappa shape index (κ1) is 11.5. The first-order valence-electron chi connectivity index (χ1n) is 3.87. The molecule has 72 valence electrons. The minimum atomic E-state index is -1.54. The molecule has 0 saturated carbocycles. The predicted molar refractivity (Wildman–Crippen MR) is 44.4 cm³/mol. The highest BCUT2D eigenvalue weighted by molar-refractivity contribution is 5.74. The predicted octanol–water partition coefficient (Wildman–Crippen LogP) is 1.01. The van der Waals surface area contributed by atoms with Crippen LogP contribution in [0.25, 0.3) is 0 Å². The van der Waals surface area contributed by atoms with Gasteiger partial charge in [0.25, 0.3) is 0 Å². The zero-order chi connectivity index (χ0) is 9.94. The van der Waals surface area contributed by atoms with Crippen LogP contribution in [0.1, 0.15) is 27.7 Å². The van der Waals surface area contributed by atoms with E-state index in [0.717, 1.165) is 0 Å². The van der Waals surface area contributed by atoms with E-state index in [9.17, 15) is 9.18 Å². The summed E-state index contributed by atoms with van der Waals surface area (Å²) in [5.74, 6) is 0. The molecule has 0 aromatic heterocycles. The van der Waals surface area contributed by atoms with Gasteiger partial charge in [-0.15, -0.1) is 0 Å². The third-order valence-corrected chi connectivity index (χ3v) is 1.31. The SMILES string of the molecule is C[C@@H](OC(C)(C)C)[C@H](N)C(=O)F. The van der Waals surface area contributed by atoms with Gasteiger partial charge in [-0.25, -0.2) is 0 Å². The Morgan fingerprint density at radius 1 is 1.50 bits per heavy atom. The summed E-state index contributed by atoms with van der Waals surface area (Å²) in [5, 5.41) is 0. The van der Waals surface area contributed by atoms with Crippen molar-refractivity contribution >= 4 is 6.04 Å². The molecule has 3 nitrogen and oxygen atoms in total. The van der Waals surface area contributed by atoms with E-state index in [-0.39, 0.29) is 0 Å². The minimum Gasteiger partial charge on any atom is -0.371 e. The van der Waals surface area contributed by atoms with Gasteiger partial charge >= 0.3 is 6.04 Å². The quantitative estimate of drug-likeness (QED) is 0.654. The second kappa shape index (κ2) is 3.96. The Kier molecular flexibility index (Phi) is 3.80. The van der Waals surface area contributed by atoms with Crippen molar-refractivity contribution in [2.24, 2.45) is 5.73 Å². The monoisotopic (exact) mass is 177 g/mol. The molecule has 12 heavy (non-hydrogen) atoms. The molecule has 0 spiro atoms. The highest BCUT2D eigenvalue weighted by Crippen LogP contribution is 2.12. The molecule has 0 aliphatic carbocycles. The number of hydrogen-bond acceptors (Lipinski definition) is 3. The Bertz CT molecular complexity index is 165. The van der Waals surface area contributed by atoms with Gasteiger partial charge in [0.1, 0.15) is 6.04 Å². The van der Waals surface area contributed by atoms with Crippen molar-refractivity contribution < 1.29 is 13.9 Å². The van der Waals surface area contributed by atoms with Gasteiger partial charge in [-0.2, -0.15) is 4.39 Å². The number of carbonyl (C=O) groups is 1. The van der Waals surface area contributed by atoms with E-state index in [0.29, 0.717) is 0 Å². The van der Waals surface area contributed by atoms with Crippen LogP contribution < -0.4 is 5.73 Å². The summed E-state index contributed by atoms with van der Waals surface area (Å²) in [6, 6.07) is -2.71. The fourth-order valence-corrected chi connectivity index (χ4v) is 0.816. The molecule has 2 atom stereocenters. The van der Waals surface area contributed by atoms with Gasteiger partial charge in [0.15, 0.2) is 0 Å². The van der Waals surface area contributed by atoms with Crippen LogP contribution >= 0.6 is 0 Å². The van der Waals surface area contributed by atoms with Crippen LogP contribution in [-0.4, -0.2) is 23.8 Å². The molecule has 0 amide bonds. The van der Waals surface area contributed by atoms with Gasteiger partial charge in [0, 0.05) is 0 Å². The average Bonchev–Trinajstić information content (AvgIpc) is 1.82. The van der Waals surface area contributed by atoms with E-state index < -0.39 is 23.8 Å². The van der Waals surface area contributed by atoms with E-state index in [2.05, 4.69) is 0 Å². The zero-order valence-electron chi connectivity index (χ0n) is 7.93. The third-order valence-electron chi connectivity index (χ3n) is 1.31. The van der Waals surface area contributed by atoms with Gasteiger partial charge in [-0.05, 0) is 27.7 Å². The van der Waals surface area contributed by atoms with Crippen LogP contribution in [-0.2, 0) is 9.53 Å². The lowest BCUT2D eigenvalue weighted by molar-refractivity contribution is -0.137. The van der Waals surface area contributed by atoms with Crippen LogP contribution in [0.5, 0.6) is 0 Å². The molecule has 0 unspecified atom stereocenters. The van der Waals surface area contributed by atoms with Gasteiger partial charge < -0.3 is 10.5 Å². The standard InChI is InChI=1S/C8H16FNO2/c1-5(6(10)7(9)11)12-8(2,3)4/h5-6H,10H2,1-4H3/t5-,6+/m1/s1. The van der Waals surface area contributed by atoms with Crippen molar-refractivity contribution in [3.05, 3.63) is 0 Å². The van der Waals surface area contributed by atoms with Gasteiger partial charge in [0.05, 0.1) is 11.7 Å². The number of hydrogen-bond donors (Lipinski definition) is 1. The fraction of sp³-hybridized carbons (Fsp3) is 0.875. The lowest BCUT2D eigenvalue weighted by atomic mass is 10.1. The molecule has 0 saturated heterocycles. The van der Waals surface area contributed by atoms with Crippen molar-refractivity contribution in [2.45, 2.75) is 45.4 Å². The summed E-state index contributed by atoms with van der Waals surface area (Å²) in [7, 11) is 0. The van der Waals surface area contributed by atoms with E-state index in [1.54, 1.807) is 6.92 Å². The first-order chi connectivity index (χ1) is 5.24. The zero-order valence-corrected chi connectivity index (χ0v) is 7.93. The molecule has 0 aromatic carbocycles. The van der Waals surface area contributed by atoms with Crippen molar-refractivity contribution in [1.82, 2.24) is 0 Å². The van der Waals surface area contributed by atoms with Gasteiger partial charge in [-0.1, -0.05) is 0 Å². The molecule has 0 rings (SSSR count). The Labute approximate surface area is 72.1 Å². The molecule has 0 heterocycles. The summed E-state index contributed by atoms with van der Waals surface area (Å²) >= 11 is 0. The Morgan fingerprint density at radius 3 is 2.17 bits per heavy atom. The van der Waals surface area contributed by atoms with E-state index >= 15 is 0 Å². The van der Waals surface area contributed by atoms with Gasteiger partial charge in [-0.3, -0.25) is 4.79 Å². The van der Waals surface area contributed by atoms with Crippen LogP contribution in [0.2, 0.25) is 0 Å². The lowest BCUT2D eigenvalue weighted by Gasteiger charge is -2.26. The summed E-state index contributed by atoms with van der Waals surface area (Å²) in [4.78, 5) is 10.2. The lowest BCUT2D eigenvalue weighted by Crippen LogP contribution is -2.43. The highest BCUT2D eigenvalue weighted by atomic mass is 19.1. The van der Waals surface area contributed by atoms with Crippen molar-refractivity contribution in [3.8, 4) is 0 Å². The number of carbonyl (C=O) groups excluding carboxylic acids is 1. The van der Waals surface area contributed by atoms with Crippen LogP contribution in [0.15, 0.2) is 0 Å². The molecule has 0 aliphatic rings. The molecule has 0 bridgehead atoms. The summed E-state index contributed by atoms with van der Waals surface area (Å²) < 4.78 is 17.4. The second-order valence-corrected chi connectivity index (χ2v) is 3.77. The molecular formula is C8H16FNO2. The van der Waals surface area contributed by atoms with E-state index in [1.165, 1.54) is 0 Å². The van der Waals surface area contributed by atoms with Crippen molar-refractivity contribution in [3.63, 3.8) is 0 Å². The maximum Gasteiger partial charge on any atom is 0.320 e. The third kappa shape index (κ3) is 4.41. The van der Waals surface area contributed by atoms with Crippen LogP contribution in [0, 0.1) is 0 Å².